The topological polar surface area (TPSA) is 111 Å². The molecule has 0 radical (unpaired) electrons. The highest BCUT2D eigenvalue weighted by Gasteiger charge is 2.29. The summed E-state index contributed by atoms with van der Waals surface area (Å²) in [5.74, 6) is 0.0783. The quantitative estimate of drug-likeness (QED) is 0.616. The van der Waals surface area contributed by atoms with Crippen LogP contribution < -0.4 is 14.8 Å². The molecule has 1 aliphatic rings. The van der Waals surface area contributed by atoms with Crippen LogP contribution in [0.15, 0.2) is 23.1 Å². The van der Waals surface area contributed by atoms with E-state index in [9.17, 15) is 18.5 Å². The first-order chi connectivity index (χ1) is 10.3. The molecule has 1 heterocycles. The van der Waals surface area contributed by atoms with Gasteiger partial charge in [-0.25, -0.2) is 13.1 Å². The lowest BCUT2D eigenvalue weighted by atomic mass is 10.0. The summed E-state index contributed by atoms with van der Waals surface area (Å²) in [6.07, 6.45) is 1.58. The molecule has 9 heteroatoms. The van der Waals surface area contributed by atoms with E-state index in [0.29, 0.717) is 6.42 Å². The zero-order valence-corrected chi connectivity index (χ0v) is 13.2. The lowest BCUT2D eigenvalue weighted by molar-refractivity contribution is -0.385. The molecule has 1 aromatic rings. The maximum absolute atomic E-state index is 12.6. The highest BCUT2D eigenvalue weighted by molar-refractivity contribution is 7.89. The summed E-state index contributed by atoms with van der Waals surface area (Å²) in [7, 11) is -2.59. The second-order valence-corrected chi connectivity index (χ2v) is 6.89. The van der Waals surface area contributed by atoms with Crippen LogP contribution in [-0.2, 0) is 10.0 Å². The Balaban J connectivity index is 2.35. The van der Waals surface area contributed by atoms with Gasteiger partial charge in [0.15, 0.2) is 0 Å². The average molecular weight is 329 g/mol. The fourth-order valence-electron chi connectivity index (χ4n) is 2.46. The number of rotatable bonds is 5. The minimum Gasteiger partial charge on any atom is -0.495 e. The minimum absolute atomic E-state index is 0.00628. The number of hydrogen-bond donors (Lipinski definition) is 2. The van der Waals surface area contributed by atoms with E-state index in [1.165, 1.54) is 19.2 Å². The molecular formula is C13H19N3O5S. The van der Waals surface area contributed by atoms with E-state index in [4.69, 9.17) is 4.74 Å². The number of piperidine rings is 1. The first-order valence-corrected chi connectivity index (χ1v) is 8.41. The van der Waals surface area contributed by atoms with Crippen molar-refractivity contribution in [1.29, 1.82) is 0 Å². The van der Waals surface area contributed by atoms with Gasteiger partial charge < -0.3 is 10.1 Å². The molecule has 2 rings (SSSR count). The average Bonchev–Trinajstić information content (AvgIpc) is 2.48. The number of benzene rings is 1. The van der Waals surface area contributed by atoms with Crippen LogP contribution in [0.3, 0.4) is 0 Å². The molecule has 1 fully saturated rings. The number of ether oxygens (including phenoxy) is 1. The maximum Gasteiger partial charge on any atom is 0.271 e. The van der Waals surface area contributed by atoms with Crippen molar-refractivity contribution in [2.75, 3.05) is 13.7 Å². The molecule has 0 spiro atoms. The smallest absolute Gasteiger partial charge is 0.271 e. The second kappa shape index (κ2) is 6.59. The molecule has 2 atom stereocenters. The van der Waals surface area contributed by atoms with E-state index in [1.807, 2.05) is 6.92 Å². The zero-order valence-electron chi connectivity index (χ0n) is 12.4. The van der Waals surface area contributed by atoms with E-state index in [-0.39, 0.29) is 28.4 Å². The van der Waals surface area contributed by atoms with Crippen LogP contribution >= 0.6 is 0 Å². The van der Waals surface area contributed by atoms with Gasteiger partial charge in [-0.15, -0.1) is 0 Å². The molecule has 22 heavy (non-hydrogen) atoms. The fourth-order valence-corrected chi connectivity index (χ4v) is 4.00. The molecule has 1 aliphatic heterocycles. The highest BCUT2D eigenvalue weighted by atomic mass is 32.2. The first-order valence-electron chi connectivity index (χ1n) is 6.93. The molecule has 0 aromatic heterocycles. The number of methoxy groups -OCH3 is 1. The zero-order chi connectivity index (χ0) is 16.3. The van der Waals surface area contributed by atoms with Crippen LogP contribution in [0.5, 0.6) is 5.75 Å². The predicted octanol–water partition coefficient (Wildman–Crippen LogP) is 1.02. The summed E-state index contributed by atoms with van der Waals surface area (Å²) in [5, 5.41) is 14.1. The summed E-state index contributed by atoms with van der Waals surface area (Å²) in [5.41, 5.74) is -0.295. The number of non-ortho nitro benzene ring substituents is 1. The van der Waals surface area contributed by atoms with Gasteiger partial charge >= 0.3 is 0 Å². The Hall–Kier alpha value is -1.71. The molecule has 2 unspecified atom stereocenters. The van der Waals surface area contributed by atoms with Crippen molar-refractivity contribution in [2.24, 2.45) is 0 Å². The number of nitro benzene ring substituents is 1. The predicted molar refractivity (Wildman–Crippen MR) is 80.5 cm³/mol. The van der Waals surface area contributed by atoms with Gasteiger partial charge in [0.1, 0.15) is 10.6 Å². The van der Waals surface area contributed by atoms with Crippen LogP contribution in [-0.4, -0.2) is 39.1 Å². The van der Waals surface area contributed by atoms with Crippen molar-refractivity contribution < 1.29 is 18.1 Å². The Bertz CT molecular complexity index is 662. The molecular weight excluding hydrogens is 310 g/mol. The fraction of sp³-hybridized carbons (Fsp3) is 0.538. The molecule has 0 aliphatic carbocycles. The maximum atomic E-state index is 12.6. The van der Waals surface area contributed by atoms with Gasteiger partial charge in [-0.1, -0.05) is 0 Å². The third-order valence-electron chi connectivity index (χ3n) is 3.72. The molecule has 0 saturated carbocycles. The van der Waals surface area contributed by atoms with E-state index < -0.39 is 14.9 Å². The summed E-state index contributed by atoms with van der Waals surface area (Å²) >= 11 is 0. The van der Waals surface area contributed by atoms with Gasteiger partial charge in [-0.2, -0.15) is 0 Å². The number of nitro groups is 1. The monoisotopic (exact) mass is 329 g/mol. The number of sulfonamides is 1. The van der Waals surface area contributed by atoms with Gasteiger partial charge in [0.25, 0.3) is 5.69 Å². The van der Waals surface area contributed by atoms with E-state index in [2.05, 4.69) is 10.0 Å². The van der Waals surface area contributed by atoms with Crippen molar-refractivity contribution >= 4 is 15.7 Å². The van der Waals surface area contributed by atoms with Gasteiger partial charge in [0, 0.05) is 24.2 Å². The van der Waals surface area contributed by atoms with Crippen LogP contribution in [0.4, 0.5) is 5.69 Å². The molecule has 8 nitrogen and oxygen atoms in total. The number of hydrogen-bond acceptors (Lipinski definition) is 6. The van der Waals surface area contributed by atoms with Crippen molar-refractivity contribution in [3.05, 3.63) is 28.3 Å². The Labute approximate surface area is 129 Å². The SMILES string of the molecule is COc1ccc([N+](=O)[O-])cc1S(=O)(=O)NC1CCCNC1C. The van der Waals surface area contributed by atoms with Gasteiger partial charge in [-0.05, 0) is 32.4 Å². The van der Waals surface area contributed by atoms with Crippen molar-refractivity contribution in [1.82, 2.24) is 10.0 Å². The molecule has 122 valence electrons. The Morgan fingerprint density at radius 1 is 1.45 bits per heavy atom. The summed E-state index contributed by atoms with van der Waals surface area (Å²) in [4.78, 5) is 10.0. The van der Waals surface area contributed by atoms with Crippen LogP contribution in [0.1, 0.15) is 19.8 Å². The van der Waals surface area contributed by atoms with Crippen LogP contribution in [0, 0.1) is 10.1 Å². The lowest BCUT2D eigenvalue weighted by Gasteiger charge is -2.30. The summed E-state index contributed by atoms with van der Waals surface area (Å²) in [6.45, 7) is 2.75. The van der Waals surface area contributed by atoms with Crippen molar-refractivity contribution in [2.45, 2.75) is 36.7 Å². The van der Waals surface area contributed by atoms with Gasteiger partial charge in [-0.3, -0.25) is 10.1 Å². The molecule has 0 bridgehead atoms. The number of nitrogens with one attached hydrogen (secondary N) is 2. The Kier molecular flexibility index (Phi) is 4.99. The normalized spacial score (nSPS) is 22.3. The second-order valence-electron chi connectivity index (χ2n) is 5.21. The van der Waals surface area contributed by atoms with Crippen molar-refractivity contribution in [3.63, 3.8) is 0 Å². The standard InChI is InChI=1S/C13H19N3O5S/c1-9-11(4-3-7-14-9)15-22(19,20)13-8-10(16(17)18)5-6-12(13)21-2/h5-6,8-9,11,14-15H,3-4,7H2,1-2H3. The van der Waals surface area contributed by atoms with Crippen LogP contribution in [0.25, 0.3) is 0 Å². The molecule has 1 aromatic carbocycles. The van der Waals surface area contributed by atoms with E-state index in [0.717, 1.165) is 19.0 Å². The summed E-state index contributed by atoms with van der Waals surface area (Å²) < 4.78 is 32.8. The lowest BCUT2D eigenvalue weighted by Crippen LogP contribution is -2.51. The Morgan fingerprint density at radius 3 is 2.77 bits per heavy atom. The van der Waals surface area contributed by atoms with E-state index >= 15 is 0 Å². The first kappa shape index (κ1) is 16.7. The van der Waals surface area contributed by atoms with Crippen LogP contribution in [0.2, 0.25) is 0 Å². The molecule has 1 saturated heterocycles. The third kappa shape index (κ3) is 3.54. The van der Waals surface area contributed by atoms with Crippen molar-refractivity contribution in [3.8, 4) is 5.75 Å². The minimum atomic E-state index is -3.91. The third-order valence-corrected chi connectivity index (χ3v) is 5.23. The van der Waals surface area contributed by atoms with Gasteiger partial charge in [0.2, 0.25) is 10.0 Å². The largest absolute Gasteiger partial charge is 0.495 e. The number of nitrogens with zero attached hydrogens (tertiary/aromatic N) is 1. The van der Waals surface area contributed by atoms with Gasteiger partial charge in [0.05, 0.1) is 12.0 Å². The van der Waals surface area contributed by atoms with E-state index in [1.54, 1.807) is 0 Å². The highest BCUT2D eigenvalue weighted by Crippen LogP contribution is 2.28. The summed E-state index contributed by atoms with van der Waals surface area (Å²) in [6, 6.07) is 3.25. The molecule has 0 amide bonds. The molecule has 2 N–H and O–H groups in total. The Morgan fingerprint density at radius 2 is 2.18 bits per heavy atom.